The SMILES string of the molecule is CCc1cc2c(cc1Sc1nc3c(N)ncnc3n1CCNC(=O)C1CC1)CCC2. The van der Waals surface area contributed by atoms with E-state index in [-0.39, 0.29) is 11.8 Å². The summed E-state index contributed by atoms with van der Waals surface area (Å²) in [7, 11) is 0. The Hall–Kier alpha value is -2.61. The highest BCUT2D eigenvalue weighted by atomic mass is 32.2. The molecule has 1 saturated carbocycles. The van der Waals surface area contributed by atoms with Gasteiger partial charge in [0.25, 0.3) is 0 Å². The molecule has 0 unspecified atom stereocenters. The summed E-state index contributed by atoms with van der Waals surface area (Å²) < 4.78 is 2.05. The van der Waals surface area contributed by atoms with Crippen molar-refractivity contribution in [2.24, 2.45) is 5.92 Å². The number of nitrogens with zero attached hydrogens (tertiary/aromatic N) is 4. The number of carbonyl (C=O) groups is 1. The molecule has 2 aromatic heterocycles. The van der Waals surface area contributed by atoms with E-state index in [0.717, 1.165) is 30.8 Å². The number of benzene rings is 1. The molecule has 8 heteroatoms. The lowest BCUT2D eigenvalue weighted by atomic mass is 10.0. The van der Waals surface area contributed by atoms with Gasteiger partial charge in [0, 0.05) is 23.9 Å². The van der Waals surface area contributed by atoms with E-state index in [4.69, 9.17) is 10.7 Å². The molecule has 0 atom stereocenters. The predicted octanol–water partition coefficient (Wildman–Crippen LogP) is 3.14. The molecular weight excluding hydrogens is 396 g/mol. The van der Waals surface area contributed by atoms with E-state index in [1.807, 2.05) is 0 Å². The first-order chi connectivity index (χ1) is 14.6. The zero-order chi connectivity index (χ0) is 20.7. The lowest BCUT2D eigenvalue weighted by molar-refractivity contribution is -0.122. The summed E-state index contributed by atoms with van der Waals surface area (Å²) in [6.07, 6.45) is 8.02. The number of carbonyl (C=O) groups excluding carboxylic acids is 1. The average molecular weight is 423 g/mol. The molecule has 1 fully saturated rings. The fourth-order valence-electron chi connectivity index (χ4n) is 4.12. The predicted molar refractivity (Wildman–Crippen MR) is 117 cm³/mol. The van der Waals surface area contributed by atoms with E-state index in [2.05, 4.69) is 38.9 Å². The molecule has 0 spiro atoms. The lowest BCUT2D eigenvalue weighted by Crippen LogP contribution is -2.28. The van der Waals surface area contributed by atoms with Gasteiger partial charge in [-0.25, -0.2) is 15.0 Å². The normalized spacial score (nSPS) is 15.5. The molecule has 3 N–H and O–H groups in total. The summed E-state index contributed by atoms with van der Waals surface area (Å²) in [5, 5.41) is 3.88. The highest BCUT2D eigenvalue weighted by molar-refractivity contribution is 7.99. The Morgan fingerprint density at radius 1 is 1.27 bits per heavy atom. The van der Waals surface area contributed by atoms with Crippen LogP contribution in [-0.2, 0) is 30.6 Å². The van der Waals surface area contributed by atoms with Gasteiger partial charge in [-0.3, -0.25) is 4.79 Å². The molecular formula is C22H26N6OS. The third-order valence-corrected chi connectivity index (χ3v) is 7.06. The van der Waals surface area contributed by atoms with Gasteiger partial charge in [-0.15, -0.1) is 0 Å². The molecule has 5 rings (SSSR count). The number of hydrogen-bond acceptors (Lipinski definition) is 6. The van der Waals surface area contributed by atoms with E-state index in [0.29, 0.717) is 30.1 Å². The molecule has 0 aliphatic heterocycles. The van der Waals surface area contributed by atoms with Crippen molar-refractivity contribution in [3.05, 3.63) is 35.2 Å². The molecule has 2 heterocycles. The molecule has 1 amide bonds. The van der Waals surface area contributed by atoms with Crippen molar-refractivity contribution >= 4 is 34.7 Å². The van der Waals surface area contributed by atoms with Gasteiger partial charge in [0.2, 0.25) is 5.91 Å². The molecule has 0 bridgehead atoms. The van der Waals surface area contributed by atoms with Crippen LogP contribution >= 0.6 is 11.8 Å². The quantitative estimate of drug-likeness (QED) is 0.607. The van der Waals surface area contributed by atoms with Crippen molar-refractivity contribution in [2.75, 3.05) is 12.3 Å². The minimum Gasteiger partial charge on any atom is -0.382 e. The number of nitrogen functional groups attached to an aromatic ring is 1. The Balaban J connectivity index is 1.47. The second-order valence-corrected chi connectivity index (χ2v) is 9.09. The number of rotatable bonds is 7. The van der Waals surface area contributed by atoms with Gasteiger partial charge >= 0.3 is 0 Å². The molecule has 0 saturated heterocycles. The first-order valence-electron chi connectivity index (χ1n) is 10.7. The van der Waals surface area contributed by atoms with Crippen LogP contribution < -0.4 is 11.1 Å². The summed E-state index contributed by atoms with van der Waals surface area (Å²) in [4.78, 5) is 26.6. The molecule has 2 aliphatic rings. The minimum absolute atomic E-state index is 0.148. The smallest absolute Gasteiger partial charge is 0.223 e. The van der Waals surface area contributed by atoms with Crippen LogP contribution in [0.1, 0.15) is 42.9 Å². The highest BCUT2D eigenvalue weighted by Gasteiger charge is 2.29. The fourth-order valence-corrected chi connectivity index (χ4v) is 5.27. The van der Waals surface area contributed by atoms with E-state index < -0.39 is 0 Å². The molecule has 2 aliphatic carbocycles. The van der Waals surface area contributed by atoms with Crippen molar-refractivity contribution < 1.29 is 4.79 Å². The number of aromatic nitrogens is 4. The average Bonchev–Trinajstić information content (AvgIpc) is 3.41. The summed E-state index contributed by atoms with van der Waals surface area (Å²) in [5.74, 6) is 0.733. The molecule has 7 nitrogen and oxygen atoms in total. The Morgan fingerprint density at radius 2 is 2.07 bits per heavy atom. The first kappa shape index (κ1) is 19.4. The monoisotopic (exact) mass is 422 g/mol. The van der Waals surface area contributed by atoms with Crippen molar-refractivity contribution in [3.63, 3.8) is 0 Å². The van der Waals surface area contributed by atoms with Crippen LogP contribution in [0.2, 0.25) is 0 Å². The number of hydrogen-bond donors (Lipinski definition) is 2. The zero-order valence-corrected chi connectivity index (χ0v) is 18.0. The van der Waals surface area contributed by atoms with Crippen LogP contribution in [0.15, 0.2) is 28.5 Å². The van der Waals surface area contributed by atoms with Gasteiger partial charge in [0.1, 0.15) is 6.33 Å². The largest absolute Gasteiger partial charge is 0.382 e. The second-order valence-electron chi connectivity index (χ2n) is 8.08. The van der Waals surface area contributed by atoms with Gasteiger partial charge in [-0.2, -0.15) is 0 Å². The topological polar surface area (TPSA) is 98.7 Å². The number of fused-ring (bicyclic) bond motifs is 2. The number of amides is 1. The Kier molecular flexibility index (Phi) is 5.10. The van der Waals surface area contributed by atoms with Gasteiger partial charge in [0.15, 0.2) is 22.1 Å². The Morgan fingerprint density at radius 3 is 2.83 bits per heavy atom. The van der Waals surface area contributed by atoms with E-state index >= 15 is 0 Å². The van der Waals surface area contributed by atoms with Crippen molar-refractivity contribution in [1.82, 2.24) is 24.8 Å². The Labute approximate surface area is 179 Å². The number of nitrogens with one attached hydrogen (secondary N) is 1. The highest BCUT2D eigenvalue weighted by Crippen LogP contribution is 2.36. The lowest BCUT2D eigenvalue weighted by Gasteiger charge is -2.13. The third-order valence-electron chi connectivity index (χ3n) is 5.97. The second kappa shape index (κ2) is 7.91. The van der Waals surface area contributed by atoms with Crippen LogP contribution in [0, 0.1) is 5.92 Å². The number of anilines is 1. The van der Waals surface area contributed by atoms with Crippen LogP contribution in [0.4, 0.5) is 5.82 Å². The number of imidazole rings is 1. The van der Waals surface area contributed by atoms with Crippen molar-refractivity contribution in [2.45, 2.75) is 62.0 Å². The standard InChI is InChI=1S/C22H26N6OS/c1-2-13-10-15-4-3-5-16(15)11-17(13)30-22-27-18-19(23)25-12-26-20(18)28(22)9-8-24-21(29)14-6-7-14/h10-12,14H,2-9H2,1H3,(H,24,29)(H2,23,25,26). The van der Waals surface area contributed by atoms with Gasteiger partial charge in [0.05, 0.1) is 0 Å². The fraction of sp³-hybridized carbons (Fsp3) is 0.455. The molecule has 0 radical (unpaired) electrons. The van der Waals surface area contributed by atoms with Gasteiger partial charge in [-0.05, 0) is 61.3 Å². The molecule has 156 valence electrons. The molecule has 3 aromatic rings. The summed E-state index contributed by atoms with van der Waals surface area (Å²) in [5.41, 5.74) is 11.7. The minimum atomic E-state index is 0.148. The maximum atomic E-state index is 12.0. The van der Waals surface area contributed by atoms with Crippen LogP contribution in [0.25, 0.3) is 11.2 Å². The van der Waals surface area contributed by atoms with Crippen LogP contribution in [0.3, 0.4) is 0 Å². The maximum absolute atomic E-state index is 12.0. The summed E-state index contributed by atoms with van der Waals surface area (Å²) in [6.45, 7) is 3.34. The van der Waals surface area contributed by atoms with E-state index in [1.54, 1.807) is 11.8 Å². The third kappa shape index (κ3) is 3.64. The van der Waals surface area contributed by atoms with Crippen molar-refractivity contribution in [3.8, 4) is 0 Å². The van der Waals surface area contributed by atoms with Gasteiger partial charge < -0.3 is 15.6 Å². The van der Waals surface area contributed by atoms with Crippen LogP contribution in [-0.4, -0.2) is 32.0 Å². The zero-order valence-electron chi connectivity index (χ0n) is 17.1. The van der Waals surface area contributed by atoms with Crippen molar-refractivity contribution in [1.29, 1.82) is 0 Å². The molecule has 1 aromatic carbocycles. The van der Waals surface area contributed by atoms with E-state index in [9.17, 15) is 4.79 Å². The maximum Gasteiger partial charge on any atom is 0.223 e. The first-order valence-corrected chi connectivity index (χ1v) is 11.5. The summed E-state index contributed by atoms with van der Waals surface area (Å²) >= 11 is 1.66. The van der Waals surface area contributed by atoms with Crippen LogP contribution in [0.5, 0.6) is 0 Å². The number of aryl methyl sites for hydroxylation is 3. The summed E-state index contributed by atoms with van der Waals surface area (Å²) in [6, 6.07) is 4.70. The van der Waals surface area contributed by atoms with Gasteiger partial charge in [-0.1, -0.05) is 24.8 Å². The molecule has 30 heavy (non-hydrogen) atoms. The number of nitrogens with two attached hydrogens (primary N) is 1. The van der Waals surface area contributed by atoms with E-state index in [1.165, 1.54) is 40.8 Å². The Bertz CT molecular complexity index is 1120.